The van der Waals surface area contributed by atoms with Gasteiger partial charge in [0.1, 0.15) is 18.4 Å². The number of hydrogen-bond acceptors (Lipinski definition) is 5. The van der Waals surface area contributed by atoms with E-state index in [1.54, 1.807) is 10.8 Å². The van der Waals surface area contributed by atoms with E-state index >= 15 is 0 Å². The molecule has 0 radical (unpaired) electrons. The number of aliphatic hydroxyl groups excluding tert-OH is 1. The molecule has 2 aromatic carbocycles. The molecule has 1 aliphatic rings. The van der Waals surface area contributed by atoms with Gasteiger partial charge in [0.25, 0.3) is 11.5 Å². The van der Waals surface area contributed by atoms with Gasteiger partial charge in [-0.25, -0.2) is 9.86 Å². The maximum atomic E-state index is 13.5. The van der Waals surface area contributed by atoms with Crippen molar-refractivity contribution in [2.24, 2.45) is 7.05 Å². The molecular weight excluding hydrogens is 424 g/mol. The maximum absolute atomic E-state index is 13.5. The van der Waals surface area contributed by atoms with Crippen molar-refractivity contribution in [2.45, 2.75) is 26.1 Å². The first-order valence-corrected chi connectivity index (χ1v) is 10.8. The predicted octanol–water partition coefficient (Wildman–Crippen LogP) is 1.47. The Morgan fingerprint density at radius 1 is 1.15 bits per heavy atom. The fourth-order valence-corrected chi connectivity index (χ4v) is 4.50. The lowest BCUT2D eigenvalue weighted by molar-refractivity contribution is -0.0784. The molecule has 9 nitrogen and oxygen atoms in total. The highest BCUT2D eigenvalue weighted by atomic mass is 16.7. The summed E-state index contributed by atoms with van der Waals surface area (Å²) >= 11 is 0. The molecule has 0 aliphatic carbocycles. The lowest BCUT2D eigenvalue weighted by Crippen LogP contribution is -2.38. The van der Waals surface area contributed by atoms with Crippen molar-refractivity contribution in [3.05, 3.63) is 80.8 Å². The minimum Gasteiger partial charge on any atom is -0.389 e. The molecule has 33 heavy (non-hydrogen) atoms. The standard InChI is InChI=1S/C24H24N4O5/c1-3-27-19-13-26(11-16-9-6-8-15-7-4-5-10-18(15)16)21(20(19)22(30)25(2)24(27)32)23(31)28-12-17(29)14-33-28/h4-10,13,17,29H,3,11-12,14H2,1-2H3. The number of β-amino-alcohol motifs (C(OH)–C–C–N with tert-alkyl or cyclic N) is 1. The van der Waals surface area contributed by atoms with Gasteiger partial charge in [0.15, 0.2) is 0 Å². The van der Waals surface area contributed by atoms with Crippen LogP contribution >= 0.6 is 0 Å². The summed E-state index contributed by atoms with van der Waals surface area (Å²) in [5.74, 6) is -0.528. The largest absolute Gasteiger partial charge is 0.389 e. The van der Waals surface area contributed by atoms with E-state index < -0.39 is 23.3 Å². The molecule has 1 amide bonds. The van der Waals surface area contributed by atoms with Crippen LogP contribution in [0, 0.1) is 0 Å². The molecule has 1 fully saturated rings. The van der Waals surface area contributed by atoms with Crippen molar-refractivity contribution in [1.82, 2.24) is 18.8 Å². The number of carbonyl (C=O) groups is 1. The number of hydroxylamine groups is 2. The minimum atomic E-state index is -0.793. The smallest absolute Gasteiger partial charge is 0.331 e. The zero-order chi connectivity index (χ0) is 23.3. The molecule has 0 spiro atoms. The fourth-order valence-electron chi connectivity index (χ4n) is 4.50. The molecule has 9 heteroatoms. The molecule has 2 aromatic heterocycles. The first-order valence-electron chi connectivity index (χ1n) is 10.8. The molecule has 1 aliphatic heterocycles. The van der Waals surface area contributed by atoms with E-state index in [0.717, 1.165) is 26.0 Å². The van der Waals surface area contributed by atoms with Crippen LogP contribution in [0.2, 0.25) is 0 Å². The average molecular weight is 448 g/mol. The molecular formula is C24H24N4O5. The van der Waals surface area contributed by atoms with Gasteiger partial charge in [-0.3, -0.25) is 23.6 Å². The summed E-state index contributed by atoms with van der Waals surface area (Å²) in [5, 5.41) is 13.2. The second-order valence-electron chi connectivity index (χ2n) is 8.21. The van der Waals surface area contributed by atoms with Crippen LogP contribution in [0.5, 0.6) is 0 Å². The highest BCUT2D eigenvalue weighted by Gasteiger charge is 2.32. The van der Waals surface area contributed by atoms with E-state index in [0.29, 0.717) is 18.6 Å². The summed E-state index contributed by atoms with van der Waals surface area (Å²) in [4.78, 5) is 44.8. The topological polar surface area (TPSA) is 98.7 Å². The fraction of sp³-hybridized carbons (Fsp3) is 0.292. The van der Waals surface area contributed by atoms with Crippen LogP contribution in [0.25, 0.3) is 21.7 Å². The van der Waals surface area contributed by atoms with Crippen molar-refractivity contribution >= 4 is 27.6 Å². The van der Waals surface area contributed by atoms with E-state index in [4.69, 9.17) is 4.84 Å². The quantitative estimate of drug-likeness (QED) is 0.510. The Kier molecular flexibility index (Phi) is 5.15. The van der Waals surface area contributed by atoms with Crippen LogP contribution in [0.3, 0.4) is 0 Å². The number of aromatic nitrogens is 3. The Bertz CT molecular complexity index is 1510. The monoisotopic (exact) mass is 448 g/mol. The van der Waals surface area contributed by atoms with E-state index in [9.17, 15) is 19.5 Å². The minimum absolute atomic E-state index is 0.00534. The molecule has 1 N–H and O–H groups in total. The Balaban J connectivity index is 1.77. The summed E-state index contributed by atoms with van der Waals surface area (Å²) in [6.07, 6.45) is 0.890. The number of rotatable bonds is 4. The summed E-state index contributed by atoms with van der Waals surface area (Å²) < 4.78 is 4.20. The second kappa shape index (κ2) is 8.02. The van der Waals surface area contributed by atoms with Gasteiger partial charge in [0.2, 0.25) is 0 Å². The second-order valence-corrected chi connectivity index (χ2v) is 8.21. The average Bonchev–Trinajstić information content (AvgIpc) is 3.42. The summed E-state index contributed by atoms with van der Waals surface area (Å²) in [7, 11) is 1.41. The lowest BCUT2D eigenvalue weighted by Gasteiger charge is -2.17. The van der Waals surface area contributed by atoms with E-state index in [1.807, 2.05) is 49.4 Å². The van der Waals surface area contributed by atoms with Gasteiger partial charge in [-0.1, -0.05) is 42.5 Å². The zero-order valence-corrected chi connectivity index (χ0v) is 18.4. The summed E-state index contributed by atoms with van der Waals surface area (Å²) in [5.41, 5.74) is 0.513. The van der Waals surface area contributed by atoms with Crippen LogP contribution in [-0.2, 0) is 25.0 Å². The molecule has 0 bridgehead atoms. The Morgan fingerprint density at radius 3 is 2.64 bits per heavy atom. The molecule has 0 saturated carbocycles. The van der Waals surface area contributed by atoms with Crippen molar-refractivity contribution < 1.29 is 14.7 Å². The Morgan fingerprint density at radius 2 is 1.91 bits per heavy atom. The number of benzene rings is 2. The first-order chi connectivity index (χ1) is 15.9. The third kappa shape index (κ3) is 3.37. The van der Waals surface area contributed by atoms with Gasteiger partial charge in [-0.15, -0.1) is 0 Å². The van der Waals surface area contributed by atoms with Gasteiger partial charge >= 0.3 is 5.69 Å². The number of carbonyl (C=O) groups excluding carboxylic acids is 1. The number of nitrogens with zero attached hydrogens (tertiary/aromatic N) is 4. The van der Waals surface area contributed by atoms with Crippen LogP contribution in [0.15, 0.2) is 58.3 Å². The van der Waals surface area contributed by atoms with Crippen LogP contribution in [0.1, 0.15) is 23.0 Å². The number of aryl methyl sites for hydroxylation is 1. The molecule has 1 atom stereocenters. The number of amides is 1. The predicted molar refractivity (Wildman–Crippen MR) is 123 cm³/mol. The van der Waals surface area contributed by atoms with Crippen molar-refractivity contribution in [3.63, 3.8) is 0 Å². The van der Waals surface area contributed by atoms with Crippen molar-refractivity contribution in [1.29, 1.82) is 0 Å². The van der Waals surface area contributed by atoms with E-state index in [-0.39, 0.29) is 24.2 Å². The highest BCUT2D eigenvalue weighted by Crippen LogP contribution is 2.25. The third-order valence-electron chi connectivity index (χ3n) is 6.15. The first kappa shape index (κ1) is 21.2. The molecule has 4 aromatic rings. The molecule has 1 unspecified atom stereocenters. The molecule has 3 heterocycles. The van der Waals surface area contributed by atoms with Gasteiger partial charge in [-0.2, -0.15) is 0 Å². The molecule has 5 rings (SSSR count). The molecule has 1 saturated heterocycles. The van der Waals surface area contributed by atoms with E-state index in [1.165, 1.54) is 11.6 Å². The van der Waals surface area contributed by atoms with Crippen LogP contribution in [-0.4, -0.2) is 49.0 Å². The number of hydrogen-bond donors (Lipinski definition) is 1. The van der Waals surface area contributed by atoms with Crippen molar-refractivity contribution in [2.75, 3.05) is 13.2 Å². The van der Waals surface area contributed by atoms with E-state index in [2.05, 4.69) is 0 Å². The van der Waals surface area contributed by atoms with Crippen molar-refractivity contribution in [3.8, 4) is 0 Å². The summed E-state index contributed by atoms with van der Waals surface area (Å²) in [6.45, 7) is 2.48. The van der Waals surface area contributed by atoms with Gasteiger partial charge in [-0.05, 0) is 23.3 Å². The number of fused-ring (bicyclic) bond motifs is 2. The zero-order valence-electron chi connectivity index (χ0n) is 18.4. The maximum Gasteiger partial charge on any atom is 0.331 e. The normalized spacial score (nSPS) is 16.2. The van der Waals surface area contributed by atoms with Gasteiger partial charge in [0, 0.05) is 26.3 Å². The van der Waals surface area contributed by atoms with Gasteiger partial charge < -0.3 is 9.67 Å². The third-order valence-corrected chi connectivity index (χ3v) is 6.15. The SMILES string of the molecule is CCn1c(=O)n(C)c(=O)c2c(C(=O)N3CC(O)CO3)n(Cc3cccc4ccccc34)cc21. The molecule has 170 valence electrons. The van der Waals surface area contributed by atoms with Crippen LogP contribution < -0.4 is 11.2 Å². The van der Waals surface area contributed by atoms with Gasteiger partial charge in [0.05, 0.1) is 17.4 Å². The van der Waals surface area contributed by atoms with Crippen LogP contribution in [0.4, 0.5) is 0 Å². The summed E-state index contributed by atoms with van der Waals surface area (Å²) in [6, 6.07) is 13.9. The number of aliphatic hydroxyl groups is 1. The lowest BCUT2D eigenvalue weighted by atomic mass is 10.0. The highest BCUT2D eigenvalue weighted by molar-refractivity contribution is 6.05. The Labute approximate surface area is 188 Å². The Hall–Kier alpha value is -3.69.